The van der Waals surface area contributed by atoms with Crippen molar-refractivity contribution in [1.29, 1.82) is 0 Å². The molecule has 0 spiro atoms. The predicted molar refractivity (Wildman–Crippen MR) is 129 cm³/mol. The minimum Gasteiger partial charge on any atom is -0.454 e. The molecule has 2 aliphatic rings. The Morgan fingerprint density at radius 3 is 2.53 bits per heavy atom. The van der Waals surface area contributed by atoms with Crippen molar-refractivity contribution in [1.82, 2.24) is 10.2 Å². The van der Waals surface area contributed by atoms with Gasteiger partial charge in [0.1, 0.15) is 5.82 Å². The molecule has 34 heavy (non-hydrogen) atoms. The number of ether oxygens (including phenoxy) is 1. The van der Waals surface area contributed by atoms with E-state index in [1.165, 1.54) is 30.0 Å². The molecule has 2 saturated heterocycles. The number of nitrogens with one attached hydrogen (secondary N) is 2. The zero-order chi connectivity index (χ0) is 24.6. The number of hydrogen-bond acceptors (Lipinski definition) is 5. The molecule has 0 aromatic heterocycles. The lowest BCUT2D eigenvalue weighted by molar-refractivity contribution is -0.182. The molecule has 2 unspecified atom stereocenters. The third-order valence-corrected chi connectivity index (χ3v) is 6.99. The summed E-state index contributed by atoms with van der Waals surface area (Å²) in [7, 11) is 0. The summed E-state index contributed by atoms with van der Waals surface area (Å²) in [5.74, 6) is -4.12. The molecule has 1 amide bonds. The highest BCUT2D eigenvalue weighted by atomic mass is 127. The largest absolute Gasteiger partial charge is 0.454 e. The highest BCUT2D eigenvalue weighted by Gasteiger charge is 2.54. The van der Waals surface area contributed by atoms with Crippen LogP contribution >= 0.6 is 22.6 Å². The molecular formula is C24H25F3IN3O3. The summed E-state index contributed by atoms with van der Waals surface area (Å²) in [5.41, 5.74) is -1.56. The summed E-state index contributed by atoms with van der Waals surface area (Å²) < 4.78 is 49.5. The van der Waals surface area contributed by atoms with Crippen molar-refractivity contribution in [3.63, 3.8) is 0 Å². The number of carbonyl (C=O) groups excluding carboxylic acids is 2. The molecule has 182 valence electrons. The maximum Gasteiger partial charge on any atom is 0.303 e. The van der Waals surface area contributed by atoms with Gasteiger partial charge in [-0.3, -0.25) is 9.59 Å². The van der Waals surface area contributed by atoms with Crippen molar-refractivity contribution in [2.75, 3.05) is 18.4 Å². The van der Waals surface area contributed by atoms with Crippen LogP contribution in [-0.4, -0.2) is 47.6 Å². The van der Waals surface area contributed by atoms with Gasteiger partial charge in [-0.1, -0.05) is 6.42 Å². The Bertz CT molecular complexity index is 1120. The average Bonchev–Trinajstić information content (AvgIpc) is 2.75. The van der Waals surface area contributed by atoms with Crippen molar-refractivity contribution in [2.24, 2.45) is 0 Å². The van der Waals surface area contributed by atoms with Crippen LogP contribution in [0.5, 0.6) is 0 Å². The summed E-state index contributed by atoms with van der Waals surface area (Å²) in [6.45, 7) is 3.61. The van der Waals surface area contributed by atoms with Gasteiger partial charge >= 0.3 is 5.97 Å². The second-order valence-electron chi connectivity index (χ2n) is 8.90. The van der Waals surface area contributed by atoms with Crippen LogP contribution in [0.1, 0.15) is 43.5 Å². The number of piperidine rings is 1. The number of esters is 1. The molecule has 0 radical (unpaired) electrons. The van der Waals surface area contributed by atoms with E-state index in [9.17, 15) is 22.8 Å². The van der Waals surface area contributed by atoms with E-state index in [0.717, 1.165) is 25.3 Å². The van der Waals surface area contributed by atoms with E-state index < -0.39 is 40.6 Å². The number of halogens is 4. The smallest absolute Gasteiger partial charge is 0.303 e. The van der Waals surface area contributed by atoms with Gasteiger partial charge < -0.3 is 20.3 Å². The summed E-state index contributed by atoms with van der Waals surface area (Å²) >= 11 is 1.93. The highest BCUT2D eigenvalue weighted by molar-refractivity contribution is 14.1. The lowest BCUT2D eigenvalue weighted by Crippen LogP contribution is -2.74. The van der Waals surface area contributed by atoms with Crippen LogP contribution in [0.2, 0.25) is 0 Å². The lowest BCUT2D eigenvalue weighted by atomic mass is 9.79. The Balaban J connectivity index is 1.60. The minimum atomic E-state index is -1.28. The number of benzene rings is 2. The SMILES string of the molecule is CC(=O)OC1(C2CCCC(C)N2)CN(C(=O)c2ccc(F)c(F)c2Nc2ccc(I)cc2F)C1. The number of likely N-dealkylation sites (tertiary alicyclic amines) is 1. The Morgan fingerprint density at radius 1 is 1.15 bits per heavy atom. The molecule has 4 rings (SSSR count). The first-order valence-electron chi connectivity index (χ1n) is 11.0. The zero-order valence-corrected chi connectivity index (χ0v) is 20.9. The van der Waals surface area contributed by atoms with Crippen LogP contribution in [-0.2, 0) is 9.53 Å². The Kier molecular flexibility index (Phi) is 7.09. The minimum absolute atomic E-state index is 0.0859. The number of hydrogen-bond donors (Lipinski definition) is 2. The highest BCUT2D eigenvalue weighted by Crippen LogP contribution is 2.37. The van der Waals surface area contributed by atoms with Crippen LogP contribution < -0.4 is 10.6 Å². The molecule has 0 bridgehead atoms. The third kappa shape index (κ3) is 4.88. The van der Waals surface area contributed by atoms with Crippen LogP contribution in [0, 0.1) is 21.0 Å². The molecule has 6 nitrogen and oxygen atoms in total. The summed E-state index contributed by atoms with van der Waals surface area (Å²) in [6, 6.07) is 6.39. The van der Waals surface area contributed by atoms with Crippen molar-refractivity contribution >= 4 is 45.8 Å². The zero-order valence-electron chi connectivity index (χ0n) is 18.8. The van der Waals surface area contributed by atoms with E-state index in [1.54, 1.807) is 6.07 Å². The van der Waals surface area contributed by atoms with E-state index in [1.807, 2.05) is 22.6 Å². The molecule has 2 aliphatic heterocycles. The fraction of sp³-hybridized carbons (Fsp3) is 0.417. The average molecular weight is 587 g/mol. The van der Waals surface area contributed by atoms with Crippen LogP contribution in [0.25, 0.3) is 0 Å². The van der Waals surface area contributed by atoms with Gasteiger partial charge in [-0.05, 0) is 72.7 Å². The molecule has 10 heteroatoms. The van der Waals surface area contributed by atoms with E-state index >= 15 is 0 Å². The number of carbonyl (C=O) groups is 2. The summed E-state index contributed by atoms with van der Waals surface area (Å²) in [5, 5.41) is 6.00. The molecule has 2 N–H and O–H groups in total. The number of nitrogens with zero attached hydrogens (tertiary/aromatic N) is 1. The number of anilines is 2. The summed E-state index contributed by atoms with van der Waals surface area (Å²) in [6.07, 6.45) is 2.77. The van der Waals surface area contributed by atoms with Gasteiger partial charge in [-0.2, -0.15) is 0 Å². The first-order valence-corrected chi connectivity index (χ1v) is 12.1. The maximum absolute atomic E-state index is 14.8. The van der Waals surface area contributed by atoms with Gasteiger partial charge in [-0.25, -0.2) is 13.2 Å². The van der Waals surface area contributed by atoms with Crippen molar-refractivity contribution in [3.05, 3.63) is 56.9 Å². The lowest BCUT2D eigenvalue weighted by Gasteiger charge is -2.54. The molecule has 0 aliphatic carbocycles. The first-order chi connectivity index (χ1) is 16.1. The monoisotopic (exact) mass is 587 g/mol. The third-order valence-electron chi connectivity index (χ3n) is 6.32. The van der Waals surface area contributed by atoms with E-state index in [0.29, 0.717) is 3.57 Å². The predicted octanol–water partition coefficient (Wildman–Crippen LogP) is 4.74. The number of amides is 1. The van der Waals surface area contributed by atoms with Crippen molar-refractivity contribution < 1.29 is 27.5 Å². The van der Waals surface area contributed by atoms with Gasteiger partial charge in [-0.15, -0.1) is 0 Å². The van der Waals surface area contributed by atoms with Crippen LogP contribution in [0.3, 0.4) is 0 Å². The fourth-order valence-corrected chi connectivity index (χ4v) is 5.14. The van der Waals surface area contributed by atoms with Gasteiger partial charge in [0.25, 0.3) is 5.91 Å². The quantitative estimate of drug-likeness (QED) is 0.391. The molecule has 2 aromatic carbocycles. The fourth-order valence-electron chi connectivity index (χ4n) is 4.69. The van der Waals surface area contributed by atoms with Gasteiger partial charge in [0.05, 0.1) is 36.1 Å². The second kappa shape index (κ2) is 9.73. The topological polar surface area (TPSA) is 70.7 Å². The Morgan fingerprint density at radius 2 is 1.88 bits per heavy atom. The molecule has 2 heterocycles. The standard InChI is InChI=1S/C24H25F3IN3O3/c1-13-4-3-5-20(29-13)24(34-14(2)32)11-31(12-24)23(33)16-7-8-17(25)21(27)22(16)30-19-9-6-15(28)10-18(19)26/h6-10,13,20,29-30H,3-5,11-12H2,1-2H3. The normalized spacial score (nSPS) is 21.5. The molecule has 0 saturated carbocycles. The van der Waals surface area contributed by atoms with Gasteiger partial charge in [0.2, 0.25) is 0 Å². The van der Waals surface area contributed by atoms with Crippen LogP contribution in [0.4, 0.5) is 24.5 Å². The Labute approximate surface area is 209 Å². The van der Waals surface area contributed by atoms with Crippen LogP contribution in [0.15, 0.2) is 30.3 Å². The second-order valence-corrected chi connectivity index (χ2v) is 10.1. The molecular weight excluding hydrogens is 562 g/mol. The van der Waals surface area contributed by atoms with Crippen molar-refractivity contribution in [2.45, 2.75) is 50.8 Å². The van der Waals surface area contributed by atoms with E-state index in [2.05, 4.69) is 17.6 Å². The molecule has 2 atom stereocenters. The molecule has 2 aromatic rings. The van der Waals surface area contributed by atoms with Gasteiger partial charge in [0.15, 0.2) is 17.2 Å². The number of rotatable bonds is 5. The molecule has 2 fully saturated rings. The van der Waals surface area contributed by atoms with Crippen molar-refractivity contribution in [3.8, 4) is 0 Å². The first kappa shape index (κ1) is 24.8. The summed E-state index contributed by atoms with van der Waals surface area (Å²) in [4.78, 5) is 26.6. The van der Waals surface area contributed by atoms with Gasteiger partial charge in [0, 0.05) is 16.5 Å². The van der Waals surface area contributed by atoms with E-state index in [4.69, 9.17) is 4.74 Å². The Hall–Kier alpha value is -2.34. The van der Waals surface area contributed by atoms with E-state index in [-0.39, 0.29) is 36.4 Å². The maximum atomic E-state index is 14.8.